The van der Waals surface area contributed by atoms with Crippen molar-refractivity contribution in [2.75, 3.05) is 5.32 Å². The zero-order chi connectivity index (χ0) is 15.3. The monoisotopic (exact) mass is 364 g/mol. The van der Waals surface area contributed by atoms with Crippen molar-refractivity contribution < 1.29 is 24.6 Å². The first-order valence-corrected chi connectivity index (χ1v) is 6.44. The Labute approximate surface area is 127 Å². The quantitative estimate of drug-likeness (QED) is 0.638. The Hall–Kier alpha value is -1.80. The third-order valence-corrected chi connectivity index (χ3v) is 2.97. The second-order valence-corrected chi connectivity index (χ2v) is 5.03. The van der Waals surface area contributed by atoms with Gasteiger partial charge in [0.2, 0.25) is 0 Å². The highest BCUT2D eigenvalue weighted by atomic mass is 79.9. The van der Waals surface area contributed by atoms with Crippen molar-refractivity contribution in [1.29, 1.82) is 0 Å². The average Bonchev–Trinajstić information content (AvgIpc) is 2.31. The molecule has 0 aliphatic heterocycles. The van der Waals surface area contributed by atoms with E-state index < -0.39 is 30.4 Å². The van der Waals surface area contributed by atoms with Crippen molar-refractivity contribution in [3.05, 3.63) is 27.7 Å². The predicted molar refractivity (Wildman–Crippen MR) is 75.0 cm³/mol. The summed E-state index contributed by atoms with van der Waals surface area (Å²) in [5.41, 5.74) is 0.270. The minimum Gasteiger partial charge on any atom is -0.481 e. The summed E-state index contributed by atoms with van der Waals surface area (Å²) in [5.74, 6) is -2.77. The van der Waals surface area contributed by atoms with E-state index in [1.807, 2.05) is 5.32 Å². The number of halogens is 2. The van der Waals surface area contributed by atoms with Crippen LogP contribution in [0.3, 0.4) is 0 Å². The number of anilines is 1. The molecular formula is C11H10BrClN2O5. The minimum atomic E-state index is -1.53. The number of urea groups is 1. The maximum Gasteiger partial charge on any atom is 0.326 e. The van der Waals surface area contributed by atoms with Gasteiger partial charge in [0.05, 0.1) is 17.1 Å². The number of benzene rings is 1. The molecule has 0 fully saturated rings. The van der Waals surface area contributed by atoms with Crippen LogP contribution in [-0.2, 0) is 9.59 Å². The molecule has 108 valence electrons. The Bertz CT molecular complexity index is 552. The van der Waals surface area contributed by atoms with Crippen LogP contribution in [0.5, 0.6) is 0 Å². The first kappa shape index (κ1) is 16.3. The summed E-state index contributed by atoms with van der Waals surface area (Å²) in [5, 5.41) is 22.0. The molecule has 0 unspecified atom stereocenters. The number of carbonyl (C=O) groups excluding carboxylic acids is 1. The smallest absolute Gasteiger partial charge is 0.326 e. The molecule has 2 amide bonds. The lowest BCUT2D eigenvalue weighted by atomic mass is 10.2. The average molecular weight is 366 g/mol. The van der Waals surface area contributed by atoms with Gasteiger partial charge in [0.15, 0.2) is 0 Å². The fraction of sp³-hybridized carbons (Fsp3) is 0.182. The van der Waals surface area contributed by atoms with Crippen molar-refractivity contribution in [3.63, 3.8) is 0 Å². The number of rotatable bonds is 5. The molecule has 1 rings (SSSR count). The van der Waals surface area contributed by atoms with Crippen molar-refractivity contribution in [3.8, 4) is 0 Å². The zero-order valence-corrected chi connectivity index (χ0v) is 12.2. The van der Waals surface area contributed by atoms with E-state index in [4.69, 9.17) is 21.8 Å². The summed E-state index contributed by atoms with van der Waals surface area (Å²) >= 11 is 9.07. The highest BCUT2D eigenvalue weighted by Gasteiger charge is 2.23. The Morgan fingerprint density at radius 2 is 1.95 bits per heavy atom. The first-order chi connectivity index (χ1) is 9.29. The molecule has 7 nitrogen and oxygen atoms in total. The molecule has 0 heterocycles. The highest BCUT2D eigenvalue weighted by molar-refractivity contribution is 9.10. The Morgan fingerprint density at radius 3 is 2.45 bits per heavy atom. The lowest BCUT2D eigenvalue weighted by Gasteiger charge is -2.14. The Morgan fingerprint density at radius 1 is 1.30 bits per heavy atom. The van der Waals surface area contributed by atoms with Crippen LogP contribution < -0.4 is 10.6 Å². The lowest BCUT2D eigenvalue weighted by molar-refractivity contribution is -0.145. The topological polar surface area (TPSA) is 116 Å². The van der Waals surface area contributed by atoms with E-state index >= 15 is 0 Å². The maximum absolute atomic E-state index is 11.6. The number of hydrogen-bond donors (Lipinski definition) is 4. The van der Waals surface area contributed by atoms with Crippen LogP contribution in [0.1, 0.15) is 6.42 Å². The van der Waals surface area contributed by atoms with Gasteiger partial charge in [0, 0.05) is 4.47 Å². The van der Waals surface area contributed by atoms with E-state index in [0.29, 0.717) is 4.47 Å². The highest BCUT2D eigenvalue weighted by Crippen LogP contribution is 2.25. The fourth-order valence-electron chi connectivity index (χ4n) is 1.28. The second kappa shape index (κ2) is 7.11. The van der Waals surface area contributed by atoms with Crippen molar-refractivity contribution >= 4 is 51.2 Å². The van der Waals surface area contributed by atoms with Crippen LogP contribution in [0.4, 0.5) is 10.5 Å². The van der Waals surface area contributed by atoms with Crippen LogP contribution in [0.2, 0.25) is 5.02 Å². The van der Waals surface area contributed by atoms with E-state index in [2.05, 4.69) is 21.2 Å². The summed E-state index contributed by atoms with van der Waals surface area (Å²) in [4.78, 5) is 32.9. The largest absolute Gasteiger partial charge is 0.481 e. The van der Waals surface area contributed by atoms with Gasteiger partial charge < -0.3 is 20.8 Å². The molecule has 0 spiro atoms. The Balaban J connectivity index is 2.70. The molecule has 0 saturated heterocycles. The molecule has 1 aromatic rings. The Kier molecular flexibility index (Phi) is 5.78. The van der Waals surface area contributed by atoms with Crippen molar-refractivity contribution in [1.82, 2.24) is 5.32 Å². The maximum atomic E-state index is 11.6. The third kappa shape index (κ3) is 5.06. The van der Waals surface area contributed by atoms with E-state index in [0.717, 1.165) is 0 Å². The van der Waals surface area contributed by atoms with E-state index in [1.165, 1.54) is 6.07 Å². The zero-order valence-electron chi connectivity index (χ0n) is 9.89. The molecule has 0 aliphatic carbocycles. The number of nitrogens with one attached hydrogen (secondary N) is 2. The number of carboxylic acids is 2. The number of amides is 2. The third-order valence-electron chi connectivity index (χ3n) is 2.16. The summed E-state index contributed by atoms with van der Waals surface area (Å²) < 4.78 is 0.711. The number of aliphatic carboxylic acids is 2. The first-order valence-electron chi connectivity index (χ1n) is 5.26. The summed E-state index contributed by atoms with van der Waals surface area (Å²) in [6.07, 6.45) is -0.725. The van der Waals surface area contributed by atoms with Gasteiger partial charge in [-0.1, -0.05) is 27.5 Å². The van der Waals surface area contributed by atoms with Gasteiger partial charge in [-0.15, -0.1) is 0 Å². The van der Waals surface area contributed by atoms with Gasteiger partial charge in [-0.2, -0.15) is 0 Å². The van der Waals surface area contributed by atoms with Gasteiger partial charge in [-0.05, 0) is 18.2 Å². The minimum absolute atomic E-state index is 0.250. The molecule has 1 atom stereocenters. The van der Waals surface area contributed by atoms with Gasteiger partial charge in [-0.3, -0.25) is 4.79 Å². The number of carbonyl (C=O) groups is 3. The molecule has 0 saturated carbocycles. The fourth-order valence-corrected chi connectivity index (χ4v) is 2.00. The van der Waals surface area contributed by atoms with E-state index in [1.54, 1.807) is 12.1 Å². The van der Waals surface area contributed by atoms with Crippen LogP contribution in [0.15, 0.2) is 22.7 Å². The molecule has 1 aromatic carbocycles. The standard InChI is InChI=1S/C11H10BrClN2O5/c12-5-1-2-7(6(13)3-5)14-11(20)15-8(10(18)19)4-9(16)17/h1-3,8H,4H2,(H,16,17)(H,18,19)(H2,14,15,20)/t8-/m1/s1. The SMILES string of the molecule is O=C(O)C[C@@H](NC(=O)Nc1ccc(Br)cc1Cl)C(=O)O. The molecule has 0 bridgehead atoms. The summed E-state index contributed by atoms with van der Waals surface area (Å²) in [6.45, 7) is 0. The van der Waals surface area contributed by atoms with Gasteiger partial charge in [0.1, 0.15) is 6.04 Å². The molecule has 20 heavy (non-hydrogen) atoms. The van der Waals surface area contributed by atoms with Crippen LogP contribution in [-0.4, -0.2) is 34.2 Å². The van der Waals surface area contributed by atoms with Crippen LogP contribution >= 0.6 is 27.5 Å². The molecule has 0 radical (unpaired) electrons. The number of carboxylic acid groups (broad SMARTS) is 2. The van der Waals surface area contributed by atoms with Gasteiger partial charge >= 0.3 is 18.0 Å². The van der Waals surface area contributed by atoms with Crippen molar-refractivity contribution in [2.24, 2.45) is 0 Å². The molecule has 9 heteroatoms. The van der Waals surface area contributed by atoms with E-state index in [9.17, 15) is 14.4 Å². The lowest BCUT2D eigenvalue weighted by Crippen LogP contribution is -2.44. The van der Waals surface area contributed by atoms with Crippen molar-refractivity contribution in [2.45, 2.75) is 12.5 Å². The van der Waals surface area contributed by atoms with Crippen LogP contribution in [0, 0.1) is 0 Å². The normalized spacial score (nSPS) is 11.5. The molecular weight excluding hydrogens is 355 g/mol. The second-order valence-electron chi connectivity index (χ2n) is 3.71. The molecule has 4 N–H and O–H groups in total. The molecule has 0 aliphatic rings. The van der Waals surface area contributed by atoms with E-state index in [-0.39, 0.29) is 10.7 Å². The molecule has 0 aromatic heterocycles. The summed E-state index contributed by atoms with van der Waals surface area (Å²) in [7, 11) is 0. The van der Waals surface area contributed by atoms with Crippen LogP contribution in [0.25, 0.3) is 0 Å². The van der Waals surface area contributed by atoms with Gasteiger partial charge in [0.25, 0.3) is 0 Å². The predicted octanol–water partition coefficient (Wildman–Crippen LogP) is 2.15. The number of hydrogen-bond acceptors (Lipinski definition) is 3. The summed E-state index contributed by atoms with van der Waals surface area (Å²) in [6, 6.07) is 2.31. The van der Waals surface area contributed by atoms with Gasteiger partial charge in [-0.25, -0.2) is 9.59 Å².